The van der Waals surface area contributed by atoms with Crippen molar-refractivity contribution < 1.29 is 9.59 Å². The predicted octanol–water partition coefficient (Wildman–Crippen LogP) is 2.89. The van der Waals surface area contributed by atoms with Crippen LogP contribution in [0, 0.1) is 5.41 Å². The van der Waals surface area contributed by atoms with Crippen LogP contribution in [0.15, 0.2) is 73.1 Å². The third kappa shape index (κ3) is 4.13. The molecule has 2 amide bonds. The van der Waals surface area contributed by atoms with E-state index < -0.39 is 5.41 Å². The van der Waals surface area contributed by atoms with E-state index in [4.69, 9.17) is 5.73 Å². The Balaban J connectivity index is 1.51. The van der Waals surface area contributed by atoms with E-state index in [0.29, 0.717) is 38.9 Å². The molecule has 1 aromatic heterocycles. The number of carbonyl (C=O) groups excluding carboxylic acids is 2. The van der Waals surface area contributed by atoms with Gasteiger partial charge in [-0.05, 0) is 35.6 Å². The Hall–Kier alpha value is -3.41. The lowest BCUT2D eigenvalue weighted by molar-refractivity contribution is -0.132. The van der Waals surface area contributed by atoms with E-state index in [0.717, 1.165) is 16.7 Å². The van der Waals surface area contributed by atoms with Gasteiger partial charge in [0.05, 0.1) is 5.41 Å². The van der Waals surface area contributed by atoms with Crippen molar-refractivity contribution in [1.29, 1.82) is 0 Å². The second-order valence-corrected chi connectivity index (χ2v) is 7.93. The highest BCUT2D eigenvalue weighted by atomic mass is 16.2. The molecule has 1 fully saturated rings. The first kappa shape index (κ1) is 19.9. The molecule has 6 heteroatoms. The molecule has 0 radical (unpaired) electrons. The van der Waals surface area contributed by atoms with E-state index in [-0.39, 0.29) is 11.8 Å². The molecular weight excluding hydrogens is 376 g/mol. The fraction of sp³-hybridized carbons (Fsp3) is 0.292. The second-order valence-electron chi connectivity index (χ2n) is 7.93. The third-order valence-corrected chi connectivity index (χ3v) is 5.97. The first-order valence-electron chi connectivity index (χ1n) is 10.3. The minimum atomic E-state index is -0.744. The number of aryl methyl sites for hydroxylation is 1. The van der Waals surface area contributed by atoms with Gasteiger partial charge in [0.1, 0.15) is 0 Å². The number of benzene rings is 2. The lowest BCUT2D eigenvalue weighted by Crippen LogP contribution is -2.42. The van der Waals surface area contributed by atoms with Crippen LogP contribution in [-0.2, 0) is 22.6 Å². The van der Waals surface area contributed by atoms with Gasteiger partial charge < -0.3 is 10.6 Å². The highest BCUT2D eigenvalue weighted by molar-refractivity contribution is 5.85. The SMILES string of the molecule is NC(=O)[C@]1(Cc2ccccc2-c2ccccc2)CCN(C(=O)CCn2cccn2)C1. The molecule has 30 heavy (non-hydrogen) atoms. The molecule has 0 saturated carbocycles. The fourth-order valence-corrected chi connectivity index (χ4v) is 4.26. The monoisotopic (exact) mass is 402 g/mol. The summed E-state index contributed by atoms with van der Waals surface area (Å²) in [5.41, 5.74) is 8.43. The van der Waals surface area contributed by atoms with Crippen molar-refractivity contribution in [2.45, 2.75) is 25.8 Å². The van der Waals surface area contributed by atoms with Crippen molar-refractivity contribution in [3.05, 3.63) is 78.6 Å². The fourth-order valence-electron chi connectivity index (χ4n) is 4.26. The van der Waals surface area contributed by atoms with Crippen LogP contribution >= 0.6 is 0 Å². The average molecular weight is 402 g/mol. The van der Waals surface area contributed by atoms with Gasteiger partial charge in [-0.15, -0.1) is 0 Å². The molecule has 2 heterocycles. The molecule has 2 aromatic carbocycles. The zero-order valence-electron chi connectivity index (χ0n) is 16.9. The Morgan fingerprint density at radius 2 is 1.80 bits per heavy atom. The van der Waals surface area contributed by atoms with Crippen LogP contribution in [0.2, 0.25) is 0 Å². The van der Waals surface area contributed by atoms with Crippen LogP contribution in [0.3, 0.4) is 0 Å². The van der Waals surface area contributed by atoms with Gasteiger partial charge in [-0.2, -0.15) is 5.10 Å². The van der Waals surface area contributed by atoms with Gasteiger partial charge in [0, 0.05) is 38.4 Å². The standard InChI is InChI=1S/C24H26N4O2/c25-23(30)24(12-16-27(18-24)22(29)11-15-28-14-6-13-26-28)17-20-9-4-5-10-21(20)19-7-2-1-3-8-19/h1-10,13-14H,11-12,15-18H2,(H2,25,30)/t24-/m0/s1. The van der Waals surface area contributed by atoms with E-state index in [1.807, 2.05) is 42.6 Å². The van der Waals surface area contributed by atoms with Crippen molar-refractivity contribution in [2.24, 2.45) is 11.1 Å². The Bertz CT molecular complexity index is 1020. The zero-order valence-corrected chi connectivity index (χ0v) is 16.9. The van der Waals surface area contributed by atoms with Crippen LogP contribution in [0.25, 0.3) is 11.1 Å². The number of aromatic nitrogens is 2. The topological polar surface area (TPSA) is 81.2 Å². The van der Waals surface area contributed by atoms with Gasteiger partial charge >= 0.3 is 0 Å². The normalized spacial score (nSPS) is 18.5. The number of nitrogens with two attached hydrogens (primary N) is 1. The Labute approximate surface area is 176 Å². The molecule has 1 aliphatic rings. The minimum absolute atomic E-state index is 0.0324. The summed E-state index contributed by atoms with van der Waals surface area (Å²) in [5, 5.41) is 4.14. The molecule has 0 unspecified atom stereocenters. The maximum Gasteiger partial charge on any atom is 0.225 e. The quantitative estimate of drug-likeness (QED) is 0.660. The van der Waals surface area contributed by atoms with Crippen molar-refractivity contribution in [2.75, 3.05) is 13.1 Å². The molecule has 154 valence electrons. The molecule has 2 N–H and O–H groups in total. The zero-order chi connectivity index (χ0) is 21.0. The number of likely N-dealkylation sites (tertiary alicyclic amines) is 1. The molecule has 1 aliphatic heterocycles. The van der Waals surface area contributed by atoms with Crippen LogP contribution in [0.4, 0.5) is 0 Å². The molecule has 0 aliphatic carbocycles. The third-order valence-electron chi connectivity index (χ3n) is 5.97. The smallest absolute Gasteiger partial charge is 0.225 e. The highest BCUT2D eigenvalue weighted by Crippen LogP contribution is 2.37. The van der Waals surface area contributed by atoms with E-state index in [2.05, 4.69) is 29.4 Å². The summed E-state index contributed by atoms with van der Waals surface area (Å²) in [5.74, 6) is -0.308. The van der Waals surface area contributed by atoms with Crippen molar-refractivity contribution >= 4 is 11.8 Å². The van der Waals surface area contributed by atoms with Crippen LogP contribution in [0.1, 0.15) is 18.4 Å². The summed E-state index contributed by atoms with van der Waals surface area (Å²) in [7, 11) is 0. The highest BCUT2D eigenvalue weighted by Gasteiger charge is 2.44. The van der Waals surface area contributed by atoms with Crippen molar-refractivity contribution in [3.63, 3.8) is 0 Å². The van der Waals surface area contributed by atoms with Gasteiger partial charge in [-0.3, -0.25) is 14.3 Å². The van der Waals surface area contributed by atoms with Crippen molar-refractivity contribution in [1.82, 2.24) is 14.7 Å². The number of primary amides is 1. The molecule has 4 rings (SSSR count). The largest absolute Gasteiger partial charge is 0.369 e. The molecule has 0 spiro atoms. The number of amides is 2. The summed E-state index contributed by atoms with van der Waals surface area (Å²) < 4.78 is 1.74. The van der Waals surface area contributed by atoms with Crippen LogP contribution in [0.5, 0.6) is 0 Å². The second kappa shape index (κ2) is 8.53. The summed E-state index contributed by atoms with van der Waals surface area (Å²) >= 11 is 0. The van der Waals surface area contributed by atoms with Crippen LogP contribution < -0.4 is 5.73 Å². The Morgan fingerprint density at radius 1 is 1.03 bits per heavy atom. The summed E-state index contributed by atoms with van der Waals surface area (Å²) in [6.07, 6.45) is 5.00. The molecule has 0 bridgehead atoms. The maximum absolute atomic E-state index is 12.7. The number of hydrogen-bond donors (Lipinski definition) is 1. The Morgan fingerprint density at radius 3 is 2.53 bits per heavy atom. The van der Waals surface area contributed by atoms with E-state index >= 15 is 0 Å². The van der Waals surface area contributed by atoms with Gasteiger partial charge in [-0.25, -0.2) is 0 Å². The summed E-state index contributed by atoms with van der Waals surface area (Å²) in [4.78, 5) is 27.1. The molecule has 1 atom stereocenters. The van der Waals surface area contributed by atoms with Gasteiger partial charge in [0.25, 0.3) is 0 Å². The minimum Gasteiger partial charge on any atom is -0.369 e. The summed E-state index contributed by atoms with van der Waals surface area (Å²) in [6, 6.07) is 20.1. The van der Waals surface area contributed by atoms with E-state index in [1.54, 1.807) is 15.8 Å². The summed E-state index contributed by atoms with van der Waals surface area (Å²) in [6.45, 7) is 1.44. The van der Waals surface area contributed by atoms with Crippen LogP contribution in [-0.4, -0.2) is 39.6 Å². The lowest BCUT2D eigenvalue weighted by atomic mass is 9.78. The molecule has 3 aromatic rings. The number of nitrogens with zero attached hydrogens (tertiary/aromatic N) is 3. The Kier molecular flexibility index (Phi) is 5.65. The van der Waals surface area contributed by atoms with Gasteiger partial charge in [0.15, 0.2) is 0 Å². The first-order valence-corrected chi connectivity index (χ1v) is 10.3. The molecule has 1 saturated heterocycles. The average Bonchev–Trinajstić information content (AvgIpc) is 3.44. The van der Waals surface area contributed by atoms with Crippen molar-refractivity contribution in [3.8, 4) is 11.1 Å². The van der Waals surface area contributed by atoms with E-state index in [1.165, 1.54) is 0 Å². The lowest BCUT2D eigenvalue weighted by Gasteiger charge is -2.27. The molecular formula is C24H26N4O2. The number of hydrogen-bond acceptors (Lipinski definition) is 3. The number of rotatable bonds is 7. The number of carbonyl (C=O) groups is 2. The predicted molar refractivity (Wildman–Crippen MR) is 115 cm³/mol. The van der Waals surface area contributed by atoms with Gasteiger partial charge in [-0.1, -0.05) is 54.6 Å². The van der Waals surface area contributed by atoms with E-state index in [9.17, 15) is 9.59 Å². The first-order chi connectivity index (χ1) is 14.6. The molecule has 6 nitrogen and oxygen atoms in total. The van der Waals surface area contributed by atoms with Gasteiger partial charge in [0.2, 0.25) is 11.8 Å². The maximum atomic E-state index is 12.7.